The standard InChI is InChI=1S/C21H24N2O4S/c1-14-9-15(2)11-16(10-14)22-19(24)13-23-17-7-5-6-8-18(17)28(26,27)21(3,4)12-20(23)25/h5-11H,12-13H2,1-4H3,(H,22,24). The highest BCUT2D eigenvalue weighted by molar-refractivity contribution is 7.93. The van der Waals surface area contributed by atoms with Gasteiger partial charge in [0, 0.05) is 12.1 Å². The maximum Gasteiger partial charge on any atom is 0.244 e. The first-order valence-electron chi connectivity index (χ1n) is 9.03. The molecule has 0 aromatic heterocycles. The zero-order valence-electron chi connectivity index (χ0n) is 16.4. The van der Waals surface area contributed by atoms with Crippen LogP contribution in [0.5, 0.6) is 0 Å². The summed E-state index contributed by atoms with van der Waals surface area (Å²) in [6, 6.07) is 12.0. The fraction of sp³-hybridized carbons (Fsp3) is 0.333. The van der Waals surface area contributed by atoms with E-state index in [9.17, 15) is 18.0 Å². The molecule has 0 radical (unpaired) electrons. The van der Waals surface area contributed by atoms with E-state index in [1.807, 2.05) is 32.0 Å². The molecule has 28 heavy (non-hydrogen) atoms. The monoisotopic (exact) mass is 400 g/mol. The number of sulfone groups is 1. The fourth-order valence-corrected chi connectivity index (χ4v) is 5.08. The Balaban J connectivity index is 1.95. The Labute approximate surface area is 165 Å². The average Bonchev–Trinajstić information content (AvgIpc) is 2.62. The van der Waals surface area contributed by atoms with Crippen LogP contribution in [0.4, 0.5) is 11.4 Å². The topological polar surface area (TPSA) is 83.6 Å². The number of carbonyl (C=O) groups is 2. The lowest BCUT2D eigenvalue weighted by molar-refractivity contribution is -0.121. The van der Waals surface area contributed by atoms with E-state index in [-0.39, 0.29) is 29.5 Å². The molecular formula is C21H24N2O4S. The number of anilines is 2. The summed E-state index contributed by atoms with van der Waals surface area (Å²) in [5, 5.41) is 2.80. The average molecular weight is 401 g/mol. The molecule has 1 N–H and O–H groups in total. The molecule has 1 aliphatic heterocycles. The van der Waals surface area contributed by atoms with E-state index in [0.29, 0.717) is 5.69 Å². The van der Waals surface area contributed by atoms with Gasteiger partial charge in [-0.3, -0.25) is 9.59 Å². The zero-order chi connectivity index (χ0) is 20.7. The highest BCUT2D eigenvalue weighted by Crippen LogP contribution is 2.38. The van der Waals surface area contributed by atoms with E-state index >= 15 is 0 Å². The van der Waals surface area contributed by atoms with Crippen molar-refractivity contribution < 1.29 is 18.0 Å². The number of nitrogens with one attached hydrogen (secondary N) is 1. The number of rotatable bonds is 3. The number of hydrogen-bond donors (Lipinski definition) is 1. The van der Waals surface area contributed by atoms with Gasteiger partial charge in [-0.2, -0.15) is 0 Å². The van der Waals surface area contributed by atoms with Gasteiger partial charge in [-0.1, -0.05) is 18.2 Å². The van der Waals surface area contributed by atoms with Gasteiger partial charge >= 0.3 is 0 Å². The second-order valence-electron chi connectivity index (χ2n) is 7.81. The summed E-state index contributed by atoms with van der Waals surface area (Å²) in [6.45, 7) is 6.69. The third kappa shape index (κ3) is 3.67. The summed E-state index contributed by atoms with van der Waals surface area (Å²) < 4.78 is 24.8. The van der Waals surface area contributed by atoms with Gasteiger partial charge < -0.3 is 10.2 Å². The van der Waals surface area contributed by atoms with E-state index in [1.165, 1.54) is 24.8 Å². The first-order chi connectivity index (χ1) is 13.0. The summed E-state index contributed by atoms with van der Waals surface area (Å²) >= 11 is 0. The molecule has 0 unspecified atom stereocenters. The first kappa shape index (κ1) is 20.1. The molecule has 7 heteroatoms. The second-order valence-corrected chi connectivity index (χ2v) is 10.4. The molecule has 2 aromatic rings. The van der Waals surface area contributed by atoms with Crippen LogP contribution in [0.15, 0.2) is 47.4 Å². The van der Waals surface area contributed by atoms with Crippen LogP contribution in [0.3, 0.4) is 0 Å². The van der Waals surface area contributed by atoms with Crippen LogP contribution in [-0.4, -0.2) is 31.5 Å². The Morgan fingerprint density at radius 2 is 1.71 bits per heavy atom. The largest absolute Gasteiger partial charge is 0.325 e. The number of para-hydroxylation sites is 1. The molecule has 3 rings (SSSR count). The minimum Gasteiger partial charge on any atom is -0.325 e. The summed E-state index contributed by atoms with van der Waals surface area (Å²) in [4.78, 5) is 26.8. The minimum atomic E-state index is -3.72. The highest BCUT2D eigenvalue weighted by atomic mass is 32.2. The number of benzene rings is 2. The predicted molar refractivity (Wildman–Crippen MR) is 109 cm³/mol. The Bertz CT molecular complexity index is 1040. The first-order valence-corrected chi connectivity index (χ1v) is 10.5. The molecule has 0 bridgehead atoms. The van der Waals surface area contributed by atoms with Gasteiger partial charge in [-0.25, -0.2) is 8.42 Å². The van der Waals surface area contributed by atoms with E-state index in [2.05, 4.69) is 5.32 Å². The van der Waals surface area contributed by atoms with Crippen LogP contribution in [0.1, 0.15) is 31.4 Å². The van der Waals surface area contributed by atoms with Crippen molar-refractivity contribution in [3.05, 3.63) is 53.6 Å². The number of fused-ring (bicyclic) bond motifs is 1. The van der Waals surface area contributed by atoms with Gasteiger partial charge in [0.2, 0.25) is 11.8 Å². The van der Waals surface area contributed by atoms with Crippen molar-refractivity contribution in [2.75, 3.05) is 16.8 Å². The normalized spacial score (nSPS) is 17.6. The molecule has 0 atom stereocenters. The molecule has 1 heterocycles. The van der Waals surface area contributed by atoms with Gasteiger partial charge in [0.15, 0.2) is 9.84 Å². The van der Waals surface area contributed by atoms with Crippen LogP contribution in [-0.2, 0) is 19.4 Å². The van der Waals surface area contributed by atoms with Crippen molar-refractivity contribution in [2.24, 2.45) is 0 Å². The Kier molecular flexibility index (Phi) is 5.06. The number of aryl methyl sites for hydroxylation is 2. The zero-order valence-corrected chi connectivity index (χ0v) is 17.3. The van der Waals surface area contributed by atoms with Crippen LogP contribution >= 0.6 is 0 Å². The lowest BCUT2D eigenvalue weighted by Crippen LogP contribution is -2.40. The third-order valence-corrected chi connectivity index (χ3v) is 7.38. The summed E-state index contributed by atoms with van der Waals surface area (Å²) in [6.07, 6.45) is -0.194. The van der Waals surface area contributed by atoms with Gasteiger partial charge in [-0.15, -0.1) is 0 Å². The molecule has 6 nitrogen and oxygen atoms in total. The minimum absolute atomic E-state index is 0.0741. The van der Waals surface area contributed by atoms with Crippen molar-refractivity contribution in [2.45, 2.75) is 43.8 Å². The number of amides is 2. The van der Waals surface area contributed by atoms with E-state index < -0.39 is 20.5 Å². The highest BCUT2D eigenvalue weighted by Gasteiger charge is 2.44. The molecule has 0 saturated heterocycles. The van der Waals surface area contributed by atoms with E-state index in [4.69, 9.17) is 0 Å². The summed E-state index contributed by atoms with van der Waals surface area (Å²) in [7, 11) is -3.72. The fourth-order valence-electron chi connectivity index (χ4n) is 3.46. The molecule has 0 aliphatic carbocycles. The van der Waals surface area contributed by atoms with E-state index in [1.54, 1.807) is 18.2 Å². The van der Waals surface area contributed by atoms with Gasteiger partial charge in [0.05, 0.1) is 15.3 Å². The van der Waals surface area contributed by atoms with Crippen LogP contribution < -0.4 is 10.2 Å². The van der Waals surface area contributed by atoms with Gasteiger partial charge in [-0.05, 0) is 63.1 Å². The molecule has 0 saturated carbocycles. The third-order valence-electron chi connectivity index (χ3n) is 4.86. The van der Waals surface area contributed by atoms with E-state index in [0.717, 1.165) is 11.1 Å². The summed E-state index contributed by atoms with van der Waals surface area (Å²) in [5.41, 5.74) is 2.92. The van der Waals surface area contributed by atoms with Gasteiger partial charge in [0.1, 0.15) is 6.54 Å². The molecule has 148 valence electrons. The molecular weight excluding hydrogens is 376 g/mol. The lowest BCUT2D eigenvalue weighted by Gasteiger charge is -2.22. The smallest absolute Gasteiger partial charge is 0.244 e. The maximum atomic E-state index is 13.0. The quantitative estimate of drug-likeness (QED) is 0.857. The van der Waals surface area contributed by atoms with Crippen molar-refractivity contribution in [3.8, 4) is 0 Å². The second kappa shape index (κ2) is 7.05. The Morgan fingerprint density at radius 1 is 1.11 bits per heavy atom. The van der Waals surface area contributed by atoms with Gasteiger partial charge in [0.25, 0.3) is 0 Å². The SMILES string of the molecule is Cc1cc(C)cc(NC(=O)CN2C(=O)CC(C)(C)S(=O)(=O)c3ccccc32)c1. The number of hydrogen-bond acceptors (Lipinski definition) is 4. The maximum absolute atomic E-state index is 13.0. The molecule has 0 fully saturated rings. The molecule has 0 spiro atoms. The lowest BCUT2D eigenvalue weighted by atomic mass is 10.1. The van der Waals surface area contributed by atoms with Crippen LogP contribution in [0, 0.1) is 13.8 Å². The Morgan fingerprint density at radius 3 is 2.36 bits per heavy atom. The van der Waals surface area contributed by atoms with Crippen molar-refractivity contribution >= 4 is 33.0 Å². The number of nitrogens with zero attached hydrogens (tertiary/aromatic N) is 1. The molecule has 2 amide bonds. The Hall–Kier alpha value is -2.67. The van der Waals surface area contributed by atoms with Crippen LogP contribution in [0.25, 0.3) is 0 Å². The summed E-state index contributed by atoms with van der Waals surface area (Å²) in [5.74, 6) is -0.778. The van der Waals surface area contributed by atoms with Crippen molar-refractivity contribution in [1.82, 2.24) is 0 Å². The van der Waals surface area contributed by atoms with Crippen molar-refractivity contribution in [3.63, 3.8) is 0 Å². The molecule has 1 aliphatic rings. The molecule has 2 aromatic carbocycles. The number of carbonyl (C=O) groups excluding carboxylic acids is 2. The van der Waals surface area contributed by atoms with Crippen molar-refractivity contribution in [1.29, 1.82) is 0 Å². The predicted octanol–water partition coefficient (Wildman–Crippen LogP) is 3.23. The van der Waals surface area contributed by atoms with Crippen LogP contribution in [0.2, 0.25) is 0 Å².